The number of nitrogens with zero attached hydrogens (tertiary/aromatic N) is 3. The fraction of sp³-hybridized carbons (Fsp3) is 0.529. The van der Waals surface area contributed by atoms with Crippen LogP contribution in [-0.4, -0.2) is 45.9 Å². The van der Waals surface area contributed by atoms with E-state index in [4.69, 9.17) is 4.74 Å². The summed E-state index contributed by atoms with van der Waals surface area (Å²) in [5, 5.41) is 19.4. The van der Waals surface area contributed by atoms with E-state index >= 15 is 0 Å². The highest BCUT2D eigenvalue weighted by Gasteiger charge is 2.49. The molecule has 4 heterocycles. The van der Waals surface area contributed by atoms with Gasteiger partial charge in [-0.3, -0.25) is 0 Å². The van der Waals surface area contributed by atoms with E-state index in [-0.39, 0.29) is 5.75 Å². The highest BCUT2D eigenvalue weighted by atomic mass is 32.1. The van der Waals surface area contributed by atoms with Gasteiger partial charge >= 0.3 is 0 Å². The molecule has 0 spiro atoms. The van der Waals surface area contributed by atoms with Gasteiger partial charge in [-0.15, -0.1) is 5.10 Å². The van der Waals surface area contributed by atoms with Crippen LogP contribution in [0, 0.1) is 17.8 Å². The van der Waals surface area contributed by atoms with Crippen LogP contribution in [0.15, 0.2) is 24.3 Å². The van der Waals surface area contributed by atoms with E-state index in [1.807, 2.05) is 12.1 Å². The van der Waals surface area contributed by atoms with Gasteiger partial charge in [0, 0.05) is 37.0 Å². The normalized spacial score (nSPS) is 34.7. The third kappa shape index (κ3) is 2.40. The van der Waals surface area contributed by atoms with Crippen LogP contribution in [-0.2, 0) is 0 Å². The van der Waals surface area contributed by atoms with Gasteiger partial charge in [0.1, 0.15) is 11.9 Å². The summed E-state index contributed by atoms with van der Waals surface area (Å²) < 4.78 is 6.29. The minimum absolute atomic E-state index is 0.262. The monoisotopic (exact) mass is 329 g/mol. The molecule has 4 aliphatic rings. The summed E-state index contributed by atoms with van der Waals surface area (Å²) in [4.78, 5) is 2.61. The highest BCUT2D eigenvalue weighted by molar-refractivity contribution is 7.16. The molecule has 3 aliphatic heterocycles. The predicted octanol–water partition coefficient (Wildman–Crippen LogP) is 2.63. The molecule has 23 heavy (non-hydrogen) atoms. The summed E-state index contributed by atoms with van der Waals surface area (Å²) in [7, 11) is 0. The van der Waals surface area contributed by atoms with Gasteiger partial charge in [0.15, 0.2) is 5.01 Å². The average molecular weight is 329 g/mol. The number of aromatic hydroxyl groups is 1. The van der Waals surface area contributed by atoms with Crippen molar-refractivity contribution in [3.8, 4) is 21.5 Å². The Balaban J connectivity index is 1.34. The first-order chi connectivity index (χ1) is 11.2. The molecule has 2 aromatic rings. The molecule has 6 rings (SSSR count). The molecule has 4 fully saturated rings. The Bertz CT molecular complexity index is 687. The molecule has 1 N–H and O–H groups in total. The molecule has 5 nitrogen and oxygen atoms in total. The third-order valence-corrected chi connectivity index (χ3v) is 6.32. The van der Waals surface area contributed by atoms with Crippen LogP contribution in [0.4, 0.5) is 0 Å². The maximum atomic E-state index is 9.38. The first-order valence-corrected chi connectivity index (χ1v) is 9.08. The zero-order chi connectivity index (χ0) is 15.4. The van der Waals surface area contributed by atoms with Crippen molar-refractivity contribution in [1.29, 1.82) is 0 Å². The number of rotatable bonds is 3. The van der Waals surface area contributed by atoms with Crippen molar-refractivity contribution in [1.82, 2.24) is 15.1 Å². The number of hydrogen-bond acceptors (Lipinski definition) is 6. The predicted molar refractivity (Wildman–Crippen MR) is 87.6 cm³/mol. The lowest BCUT2D eigenvalue weighted by atomic mass is 9.66. The van der Waals surface area contributed by atoms with Gasteiger partial charge in [-0.25, -0.2) is 0 Å². The number of benzene rings is 1. The van der Waals surface area contributed by atoms with E-state index in [1.54, 1.807) is 12.1 Å². The maximum Gasteiger partial charge on any atom is 0.294 e. The van der Waals surface area contributed by atoms with Crippen molar-refractivity contribution in [2.45, 2.75) is 18.9 Å². The summed E-state index contributed by atoms with van der Waals surface area (Å²) in [6.07, 6.45) is 2.92. The van der Waals surface area contributed by atoms with Crippen molar-refractivity contribution < 1.29 is 9.84 Å². The van der Waals surface area contributed by atoms with Crippen LogP contribution >= 0.6 is 11.3 Å². The van der Waals surface area contributed by atoms with E-state index < -0.39 is 0 Å². The van der Waals surface area contributed by atoms with Crippen LogP contribution in [0.1, 0.15) is 12.8 Å². The maximum absolute atomic E-state index is 9.38. The molecule has 0 amide bonds. The van der Waals surface area contributed by atoms with Gasteiger partial charge in [-0.2, -0.15) is 0 Å². The van der Waals surface area contributed by atoms with Crippen LogP contribution in [0.3, 0.4) is 0 Å². The second-order valence-electron chi connectivity index (χ2n) is 7.08. The van der Waals surface area contributed by atoms with Gasteiger partial charge < -0.3 is 14.7 Å². The van der Waals surface area contributed by atoms with E-state index in [1.165, 1.54) is 43.8 Å². The first kappa shape index (κ1) is 13.7. The second kappa shape index (κ2) is 5.18. The van der Waals surface area contributed by atoms with Crippen molar-refractivity contribution in [3.63, 3.8) is 0 Å². The van der Waals surface area contributed by atoms with Crippen molar-refractivity contribution in [2.75, 3.05) is 19.6 Å². The van der Waals surface area contributed by atoms with Crippen molar-refractivity contribution in [2.24, 2.45) is 17.8 Å². The molecule has 2 unspecified atom stereocenters. The molecular weight excluding hydrogens is 310 g/mol. The molecule has 4 bridgehead atoms. The number of ether oxygens (including phenoxy) is 1. The van der Waals surface area contributed by atoms with E-state index in [9.17, 15) is 5.11 Å². The van der Waals surface area contributed by atoms with Crippen molar-refractivity contribution in [3.05, 3.63) is 24.3 Å². The Hall–Kier alpha value is -1.66. The Morgan fingerprint density at radius 3 is 2.48 bits per heavy atom. The summed E-state index contributed by atoms with van der Waals surface area (Å²) in [5.41, 5.74) is 0.964. The zero-order valence-electron chi connectivity index (χ0n) is 12.8. The van der Waals surface area contributed by atoms with E-state index in [0.717, 1.165) is 16.5 Å². The summed E-state index contributed by atoms with van der Waals surface area (Å²) in [6.45, 7) is 3.66. The molecule has 3 saturated heterocycles. The Morgan fingerprint density at radius 1 is 1.04 bits per heavy atom. The fourth-order valence-corrected chi connectivity index (χ4v) is 5.39. The average Bonchev–Trinajstić information content (AvgIpc) is 2.99. The molecule has 1 aromatic carbocycles. The number of phenols is 1. The first-order valence-electron chi connectivity index (χ1n) is 8.26. The molecule has 0 radical (unpaired) electrons. The molecule has 1 aliphatic carbocycles. The lowest BCUT2D eigenvalue weighted by Gasteiger charge is -2.54. The largest absolute Gasteiger partial charge is 0.508 e. The quantitative estimate of drug-likeness (QED) is 0.938. The minimum atomic E-state index is 0.262. The number of aromatic nitrogens is 2. The van der Waals surface area contributed by atoms with Gasteiger partial charge in [0.05, 0.1) is 0 Å². The molecular formula is C17H19N3O2S. The number of hydrogen-bond donors (Lipinski definition) is 1. The third-order valence-electron chi connectivity index (χ3n) is 5.46. The van der Waals surface area contributed by atoms with E-state index in [2.05, 4.69) is 15.1 Å². The van der Waals surface area contributed by atoms with Crippen LogP contribution < -0.4 is 4.74 Å². The SMILES string of the molecule is Oc1ccc(-c2nnc(OC3C4CC5CC3CN(C5)C4)s2)cc1. The molecule has 1 aromatic heterocycles. The second-order valence-corrected chi connectivity index (χ2v) is 8.02. The number of phenolic OH excluding ortho intramolecular Hbond substituents is 1. The smallest absolute Gasteiger partial charge is 0.294 e. The zero-order valence-corrected chi connectivity index (χ0v) is 13.6. The van der Waals surface area contributed by atoms with Gasteiger partial charge in [-0.05, 0) is 43.0 Å². The Labute approximate surface area is 138 Å². The van der Waals surface area contributed by atoms with Crippen molar-refractivity contribution >= 4 is 11.3 Å². The van der Waals surface area contributed by atoms with Crippen LogP contribution in [0.25, 0.3) is 10.6 Å². The molecule has 1 saturated carbocycles. The lowest BCUT2D eigenvalue weighted by molar-refractivity contribution is -0.0986. The highest BCUT2D eigenvalue weighted by Crippen LogP contribution is 2.45. The Kier molecular flexibility index (Phi) is 3.09. The van der Waals surface area contributed by atoms with Crippen LogP contribution in [0.2, 0.25) is 0 Å². The summed E-state index contributed by atoms with van der Waals surface area (Å²) >= 11 is 1.50. The van der Waals surface area contributed by atoms with E-state index in [0.29, 0.717) is 23.1 Å². The molecule has 120 valence electrons. The molecule has 2 atom stereocenters. The summed E-state index contributed by atoms with van der Waals surface area (Å²) in [6, 6.07) is 7.05. The minimum Gasteiger partial charge on any atom is -0.508 e. The van der Waals surface area contributed by atoms with Gasteiger partial charge in [0.2, 0.25) is 0 Å². The lowest BCUT2D eigenvalue weighted by Crippen LogP contribution is -2.61. The fourth-order valence-electron chi connectivity index (χ4n) is 4.65. The van der Waals surface area contributed by atoms with Gasteiger partial charge in [0.25, 0.3) is 5.19 Å². The molecule has 6 heteroatoms. The summed E-state index contributed by atoms with van der Waals surface area (Å²) in [5.74, 6) is 2.46. The van der Waals surface area contributed by atoms with Gasteiger partial charge in [-0.1, -0.05) is 16.4 Å². The number of piperidine rings is 3. The van der Waals surface area contributed by atoms with Crippen LogP contribution in [0.5, 0.6) is 10.9 Å². The Morgan fingerprint density at radius 2 is 1.78 bits per heavy atom. The topological polar surface area (TPSA) is 58.5 Å². The standard InChI is InChI=1S/C17H19N3O2S/c21-14-3-1-11(2-4-14)16-18-19-17(23-16)22-15-12-5-10-6-13(15)9-20(7-10)8-12/h1-4,10,12-13,15,21H,5-9H2.